The lowest BCUT2D eigenvalue weighted by Gasteiger charge is -2.28. The molecule has 0 atom stereocenters. The molecule has 7 heteroatoms. The van der Waals surface area contributed by atoms with Gasteiger partial charge in [-0.3, -0.25) is 4.79 Å². The Balaban J connectivity index is 1.78. The van der Waals surface area contributed by atoms with Gasteiger partial charge in [0, 0.05) is 19.2 Å². The van der Waals surface area contributed by atoms with Gasteiger partial charge in [-0.2, -0.15) is 0 Å². The van der Waals surface area contributed by atoms with E-state index in [2.05, 4.69) is 0 Å². The van der Waals surface area contributed by atoms with E-state index in [1.54, 1.807) is 59.8 Å². The fourth-order valence-corrected chi connectivity index (χ4v) is 3.54. The number of fused-ring (bicyclic) bond motifs is 1. The molecule has 1 aliphatic heterocycles. The molecular formula is C23H27NO6. The lowest BCUT2D eigenvalue weighted by Crippen LogP contribution is -2.34. The topological polar surface area (TPSA) is 66.5 Å². The lowest BCUT2D eigenvalue weighted by molar-refractivity contribution is -0.126. The highest BCUT2D eigenvalue weighted by molar-refractivity contribution is 5.92. The highest BCUT2D eigenvalue weighted by atomic mass is 16.5. The summed E-state index contributed by atoms with van der Waals surface area (Å²) in [6.45, 7) is 1.16. The number of ether oxygens (including phenoxy) is 5. The van der Waals surface area contributed by atoms with E-state index in [4.69, 9.17) is 23.7 Å². The SMILES string of the molecule is COc1cc2c(cc1OC)CN(C(=O)/C=C/c1cc(OC)c(OC)c(OC)c1)CC2. The zero-order chi connectivity index (χ0) is 21.7. The summed E-state index contributed by atoms with van der Waals surface area (Å²) in [4.78, 5) is 14.6. The molecule has 1 aliphatic rings. The van der Waals surface area contributed by atoms with E-state index in [1.807, 2.05) is 17.0 Å². The van der Waals surface area contributed by atoms with Crippen molar-refractivity contribution in [2.24, 2.45) is 0 Å². The third-order valence-corrected chi connectivity index (χ3v) is 5.14. The van der Waals surface area contributed by atoms with E-state index in [0.29, 0.717) is 41.8 Å². The van der Waals surface area contributed by atoms with Crippen LogP contribution in [0.5, 0.6) is 28.7 Å². The predicted octanol–water partition coefficient (Wildman–Crippen LogP) is 3.33. The van der Waals surface area contributed by atoms with E-state index in [9.17, 15) is 4.79 Å². The Morgan fingerprint density at radius 3 is 1.90 bits per heavy atom. The number of carbonyl (C=O) groups excluding carboxylic acids is 1. The third-order valence-electron chi connectivity index (χ3n) is 5.14. The predicted molar refractivity (Wildman–Crippen MR) is 114 cm³/mol. The summed E-state index contributed by atoms with van der Waals surface area (Å²) in [6.07, 6.45) is 4.07. The Morgan fingerprint density at radius 1 is 0.800 bits per heavy atom. The van der Waals surface area contributed by atoms with Gasteiger partial charge in [0.15, 0.2) is 23.0 Å². The van der Waals surface area contributed by atoms with Crippen LogP contribution in [-0.4, -0.2) is 52.9 Å². The molecule has 0 unspecified atom stereocenters. The van der Waals surface area contributed by atoms with Crippen molar-refractivity contribution in [2.75, 3.05) is 42.1 Å². The van der Waals surface area contributed by atoms with Gasteiger partial charge in [-0.15, -0.1) is 0 Å². The quantitative estimate of drug-likeness (QED) is 0.649. The first kappa shape index (κ1) is 21.4. The second-order valence-corrected chi connectivity index (χ2v) is 6.78. The van der Waals surface area contributed by atoms with Gasteiger partial charge in [0.25, 0.3) is 0 Å². The fraction of sp³-hybridized carbons (Fsp3) is 0.348. The van der Waals surface area contributed by atoms with Gasteiger partial charge >= 0.3 is 0 Å². The lowest BCUT2D eigenvalue weighted by atomic mass is 9.98. The van der Waals surface area contributed by atoms with Crippen LogP contribution in [-0.2, 0) is 17.8 Å². The first-order chi connectivity index (χ1) is 14.5. The molecule has 0 saturated heterocycles. The highest BCUT2D eigenvalue weighted by Crippen LogP contribution is 2.38. The van der Waals surface area contributed by atoms with E-state index in [-0.39, 0.29) is 5.91 Å². The maximum absolute atomic E-state index is 12.8. The molecular weight excluding hydrogens is 386 g/mol. The van der Waals surface area contributed by atoms with Gasteiger partial charge in [0.1, 0.15) is 0 Å². The standard InChI is InChI=1S/C23H27NO6/c1-26-18-12-16-8-9-24(14-17(16)13-19(18)27-2)22(25)7-6-15-10-20(28-3)23(30-5)21(11-15)29-4/h6-7,10-13H,8-9,14H2,1-5H3/b7-6+. The van der Waals surface area contributed by atoms with Crippen LogP contribution in [0.15, 0.2) is 30.3 Å². The summed E-state index contributed by atoms with van der Waals surface area (Å²) in [6, 6.07) is 7.53. The Hall–Kier alpha value is -3.35. The smallest absolute Gasteiger partial charge is 0.246 e. The molecule has 0 radical (unpaired) electrons. The molecule has 7 nitrogen and oxygen atoms in total. The third kappa shape index (κ3) is 4.30. The van der Waals surface area contributed by atoms with Crippen molar-refractivity contribution >= 4 is 12.0 Å². The van der Waals surface area contributed by atoms with Crippen LogP contribution in [0.1, 0.15) is 16.7 Å². The van der Waals surface area contributed by atoms with Crippen molar-refractivity contribution < 1.29 is 28.5 Å². The van der Waals surface area contributed by atoms with E-state index >= 15 is 0 Å². The molecule has 3 rings (SSSR count). The molecule has 2 aromatic rings. The van der Waals surface area contributed by atoms with Gasteiger partial charge in [-0.25, -0.2) is 0 Å². The first-order valence-electron chi connectivity index (χ1n) is 9.55. The number of benzene rings is 2. The number of carbonyl (C=O) groups is 1. The largest absolute Gasteiger partial charge is 0.493 e. The summed E-state index contributed by atoms with van der Waals surface area (Å²) in [5, 5.41) is 0. The number of hydrogen-bond donors (Lipinski definition) is 0. The van der Waals surface area contributed by atoms with Crippen LogP contribution in [0.4, 0.5) is 0 Å². The Morgan fingerprint density at radius 2 is 1.37 bits per heavy atom. The zero-order valence-electron chi connectivity index (χ0n) is 18.0. The number of hydrogen-bond acceptors (Lipinski definition) is 6. The minimum atomic E-state index is -0.0656. The molecule has 0 N–H and O–H groups in total. The van der Waals surface area contributed by atoms with Gasteiger partial charge in [0.2, 0.25) is 11.7 Å². The van der Waals surface area contributed by atoms with Crippen LogP contribution in [0.25, 0.3) is 6.08 Å². The molecule has 0 bridgehead atoms. The number of amides is 1. The molecule has 160 valence electrons. The number of rotatable bonds is 7. The fourth-order valence-electron chi connectivity index (χ4n) is 3.54. The van der Waals surface area contributed by atoms with Gasteiger partial charge < -0.3 is 28.6 Å². The Kier molecular flexibility index (Phi) is 6.72. The maximum Gasteiger partial charge on any atom is 0.246 e. The Labute approximate surface area is 176 Å². The van der Waals surface area contributed by atoms with Crippen LogP contribution < -0.4 is 23.7 Å². The molecule has 2 aromatic carbocycles. The summed E-state index contributed by atoms with van der Waals surface area (Å²) in [5.74, 6) is 2.90. The molecule has 0 fully saturated rings. The van der Waals surface area contributed by atoms with Gasteiger partial charge in [-0.1, -0.05) is 0 Å². The molecule has 1 amide bonds. The summed E-state index contributed by atoms with van der Waals surface area (Å²) < 4.78 is 26.8. The monoisotopic (exact) mass is 413 g/mol. The van der Waals surface area contributed by atoms with E-state index in [1.165, 1.54) is 5.56 Å². The van der Waals surface area contributed by atoms with Gasteiger partial charge in [-0.05, 0) is 53.5 Å². The first-order valence-corrected chi connectivity index (χ1v) is 9.55. The van der Waals surface area contributed by atoms with Crippen molar-refractivity contribution in [3.05, 3.63) is 47.0 Å². The second kappa shape index (κ2) is 9.43. The molecule has 0 spiro atoms. The van der Waals surface area contributed by atoms with Crippen molar-refractivity contribution in [2.45, 2.75) is 13.0 Å². The average molecular weight is 413 g/mol. The summed E-state index contributed by atoms with van der Waals surface area (Å²) in [5.41, 5.74) is 3.01. The molecule has 1 heterocycles. The van der Waals surface area contributed by atoms with Crippen LogP contribution in [0, 0.1) is 0 Å². The zero-order valence-corrected chi connectivity index (χ0v) is 18.0. The van der Waals surface area contributed by atoms with Crippen molar-refractivity contribution in [3.63, 3.8) is 0 Å². The summed E-state index contributed by atoms with van der Waals surface area (Å²) in [7, 11) is 7.90. The molecule has 0 aliphatic carbocycles. The van der Waals surface area contributed by atoms with Crippen molar-refractivity contribution in [1.82, 2.24) is 4.90 Å². The number of nitrogens with zero attached hydrogens (tertiary/aromatic N) is 1. The highest BCUT2D eigenvalue weighted by Gasteiger charge is 2.22. The minimum absolute atomic E-state index is 0.0656. The minimum Gasteiger partial charge on any atom is -0.493 e. The normalized spacial score (nSPS) is 13.0. The van der Waals surface area contributed by atoms with Crippen LogP contribution >= 0.6 is 0 Å². The van der Waals surface area contributed by atoms with E-state index in [0.717, 1.165) is 17.5 Å². The van der Waals surface area contributed by atoms with Gasteiger partial charge in [0.05, 0.1) is 35.5 Å². The summed E-state index contributed by atoms with van der Waals surface area (Å²) >= 11 is 0. The van der Waals surface area contributed by atoms with Crippen LogP contribution in [0.2, 0.25) is 0 Å². The van der Waals surface area contributed by atoms with Crippen molar-refractivity contribution in [1.29, 1.82) is 0 Å². The van der Waals surface area contributed by atoms with Crippen molar-refractivity contribution in [3.8, 4) is 28.7 Å². The second-order valence-electron chi connectivity index (χ2n) is 6.78. The van der Waals surface area contributed by atoms with Crippen LogP contribution in [0.3, 0.4) is 0 Å². The molecule has 0 aromatic heterocycles. The molecule has 0 saturated carbocycles. The molecule has 30 heavy (non-hydrogen) atoms. The average Bonchev–Trinajstić information content (AvgIpc) is 2.80. The maximum atomic E-state index is 12.8. The Bertz CT molecular complexity index is 928. The van der Waals surface area contributed by atoms with E-state index < -0.39 is 0 Å². The number of methoxy groups -OCH3 is 5.